The van der Waals surface area contributed by atoms with Crippen LogP contribution in [0.2, 0.25) is 0 Å². The third kappa shape index (κ3) is 4.83. The molecule has 0 unspecified atom stereocenters. The van der Waals surface area contributed by atoms with Gasteiger partial charge in [-0.05, 0) is 56.5 Å². The molecule has 6 nitrogen and oxygen atoms in total. The van der Waals surface area contributed by atoms with E-state index in [0.717, 1.165) is 24.0 Å². The molecule has 1 aliphatic carbocycles. The molecule has 138 valence electrons. The lowest BCUT2D eigenvalue weighted by Gasteiger charge is -2.11. The van der Waals surface area contributed by atoms with Crippen LogP contribution in [0.3, 0.4) is 0 Å². The van der Waals surface area contributed by atoms with E-state index in [9.17, 15) is 13.2 Å². The maximum Gasteiger partial charge on any atom is 0.262 e. The second-order valence-electron chi connectivity index (χ2n) is 6.53. The summed E-state index contributed by atoms with van der Waals surface area (Å²) in [5.74, 6) is 0.297. The Kier molecular flexibility index (Phi) is 5.29. The van der Waals surface area contributed by atoms with Crippen LogP contribution in [0.15, 0.2) is 47.4 Å². The maximum atomic E-state index is 12.2. The molecular weight excluding hydrogens is 352 g/mol. The molecular formula is C19H22N2O4S. The lowest BCUT2D eigenvalue weighted by atomic mass is 10.1. The topological polar surface area (TPSA) is 84.5 Å². The van der Waals surface area contributed by atoms with Gasteiger partial charge in [0.2, 0.25) is 10.0 Å². The number of rotatable bonds is 7. The number of hydrogen-bond donors (Lipinski definition) is 2. The fourth-order valence-electron chi connectivity index (χ4n) is 2.53. The molecule has 3 rings (SSSR count). The third-order valence-electron chi connectivity index (χ3n) is 4.02. The second kappa shape index (κ2) is 7.47. The molecule has 0 radical (unpaired) electrons. The van der Waals surface area contributed by atoms with Crippen LogP contribution in [0.4, 0.5) is 5.69 Å². The summed E-state index contributed by atoms with van der Waals surface area (Å²) in [6.45, 7) is 3.76. The molecule has 2 N–H and O–H groups in total. The minimum absolute atomic E-state index is 0.0318. The van der Waals surface area contributed by atoms with Crippen molar-refractivity contribution in [1.29, 1.82) is 0 Å². The van der Waals surface area contributed by atoms with Crippen molar-refractivity contribution >= 4 is 21.6 Å². The number of benzene rings is 2. The van der Waals surface area contributed by atoms with Gasteiger partial charge in [0.15, 0.2) is 6.61 Å². The molecule has 1 fully saturated rings. The van der Waals surface area contributed by atoms with E-state index in [2.05, 4.69) is 10.0 Å². The van der Waals surface area contributed by atoms with Gasteiger partial charge in [0, 0.05) is 11.7 Å². The highest BCUT2D eigenvalue weighted by molar-refractivity contribution is 7.89. The highest BCUT2D eigenvalue weighted by Crippen LogP contribution is 2.23. The molecule has 0 spiro atoms. The smallest absolute Gasteiger partial charge is 0.262 e. The molecule has 1 amide bonds. The number of sulfonamides is 1. The number of hydrogen-bond acceptors (Lipinski definition) is 4. The lowest BCUT2D eigenvalue weighted by molar-refractivity contribution is -0.118. The van der Waals surface area contributed by atoms with Gasteiger partial charge in [-0.3, -0.25) is 4.79 Å². The number of carbonyl (C=O) groups excluding carboxylic acids is 1. The van der Waals surface area contributed by atoms with Crippen LogP contribution in [0.1, 0.15) is 24.0 Å². The van der Waals surface area contributed by atoms with Gasteiger partial charge in [-0.15, -0.1) is 0 Å². The van der Waals surface area contributed by atoms with Gasteiger partial charge in [0.25, 0.3) is 5.91 Å². The predicted octanol–water partition coefficient (Wildman–Crippen LogP) is 2.76. The fraction of sp³-hybridized carbons (Fsp3) is 0.316. The zero-order valence-electron chi connectivity index (χ0n) is 14.8. The van der Waals surface area contributed by atoms with Crippen molar-refractivity contribution in [1.82, 2.24) is 4.72 Å². The van der Waals surface area contributed by atoms with Crippen molar-refractivity contribution in [3.05, 3.63) is 53.6 Å². The predicted molar refractivity (Wildman–Crippen MR) is 99.8 cm³/mol. The van der Waals surface area contributed by atoms with Crippen LogP contribution in [-0.2, 0) is 14.8 Å². The van der Waals surface area contributed by atoms with Gasteiger partial charge in [-0.25, -0.2) is 13.1 Å². The zero-order valence-corrected chi connectivity index (χ0v) is 15.6. The largest absolute Gasteiger partial charge is 0.483 e. The molecule has 0 saturated heterocycles. The Balaban J connectivity index is 1.61. The number of nitrogens with one attached hydrogen (secondary N) is 2. The van der Waals surface area contributed by atoms with E-state index in [1.54, 1.807) is 12.1 Å². The summed E-state index contributed by atoms with van der Waals surface area (Å²) in [4.78, 5) is 12.2. The van der Waals surface area contributed by atoms with Crippen molar-refractivity contribution in [3.63, 3.8) is 0 Å². The Morgan fingerprint density at radius 1 is 1.15 bits per heavy atom. The molecule has 7 heteroatoms. The highest BCUT2D eigenvalue weighted by Gasteiger charge is 2.28. The van der Waals surface area contributed by atoms with Crippen LogP contribution in [-0.4, -0.2) is 27.0 Å². The van der Waals surface area contributed by atoms with E-state index >= 15 is 0 Å². The van der Waals surface area contributed by atoms with Crippen LogP contribution < -0.4 is 14.8 Å². The molecule has 1 aliphatic rings. The summed E-state index contributed by atoms with van der Waals surface area (Å²) in [5.41, 5.74) is 2.49. The van der Waals surface area contributed by atoms with Gasteiger partial charge in [-0.1, -0.05) is 23.8 Å². The molecule has 1 saturated carbocycles. The van der Waals surface area contributed by atoms with Gasteiger partial charge in [0.1, 0.15) is 5.75 Å². The summed E-state index contributed by atoms with van der Waals surface area (Å²) in [6, 6.07) is 12.0. The van der Waals surface area contributed by atoms with Crippen molar-refractivity contribution in [2.24, 2.45) is 0 Å². The van der Waals surface area contributed by atoms with E-state index in [0.29, 0.717) is 11.4 Å². The summed E-state index contributed by atoms with van der Waals surface area (Å²) >= 11 is 0. The first-order valence-electron chi connectivity index (χ1n) is 8.46. The normalized spacial score (nSPS) is 14.1. The number of aryl methyl sites for hydroxylation is 2. The Labute approximate surface area is 153 Å². The van der Waals surface area contributed by atoms with E-state index in [1.165, 1.54) is 12.1 Å². The van der Waals surface area contributed by atoms with E-state index in [4.69, 9.17) is 4.74 Å². The van der Waals surface area contributed by atoms with Crippen molar-refractivity contribution in [2.75, 3.05) is 11.9 Å². The van der Waals surface area contributed by atoms with Crippen molar-refractivity contribution in [2.45, 2.75) is 37.6 Å². The van der Waals surface area contributed by atoms with Crippen molar-refractivity contribution in [3.8, 4) is 5.75 Å². The Hall–Kier alpha value is -2.38. The molecule has 0 heterocycles. The van der Waals surface area contributed by atoms with Crippen molar-refractivity contribution < 1.29 is 17.9 Å². The zero-order chi connectivity index (χ0) is 18.7. The molecule has 0 aliphatic heterocycles. The Morgan fingerprint density at radius 2 is 1.92 bits per heavy atom. The van der Waals surface area contributed by atoms with Gasteiger partial charge in [0.05, 0.1) is 4.90 Å². The highest BCUT2D eigenvalue weighted by atomic mass is 32.2. The maximum absolute atomic E-state index is 12.2. The minimum Gasteiger partial charge on any atom is -0.483 e. The molecule has 0 bridgehead atoms. The lowest BCUT2D eigenvalue weighted by Crippen LogP contribution is -2.26. The van der Waals surface area contributed by atoms with Gasteiger partial charge < -0.3 is 10.1 Å². The Morgan fingerprint density at radius 3 is 2.62 bits per heavy atom. The van der Waals surface area contributed by atoms with E-state index in [-0.39, 0.29) is 23.5 Å². The van der Waals surface area contributed by atoms with Gasteiger partial charge in [-0.2, -0.15) is 0 Å². The first-order chi connectivity index (χ1) is 12.3. The van der Waals surface area contributed by atoms with E-state index in [1.807, 2.05) is 32.0 Å². The molecule has 0 atom stereocenters. The minimum atomic E-state index is -3.55. The second-order valence-corrected chi connectivity index (χ2v) is 8.24. The van der Waals surface area contributed by atoms with Crippen LogP contribution >= 0.6 is 0 Å². The summed E-state index contributed by atoms with van der Waals surface area (Å²) < 4.78 is 32.7. The molecule has 26 heavy (non-hydrogen) atoms. The van der Waals surface area contributed by atoms with Crippen LogP contribution in [0.25, 0.3) is 0 Å². The monoisotopic (exact) mass is 374 g/mol. The van der Waals surface area contributed by atoms with E-state index < -0.39 is 10.0 Å². The fourth-order valence-corrected chi connectivity index (χ4v) is 3.88. The first kappa shape index (κ1) is 18.4. The molecule has 0 aromatic heterocycles. The summed E-state index contributed by atoms with van der Waals surface area (Å²) in [7, 11) is -3.55. The Bertz CT molecular complexity index is 921. The van der Waals surface area contributed by atoms with Gasteiger partial charge >= 0.3 is 0 Å². The average Bonchev–Trinajstić information content (AvgIpc) is 3.37. The molecule has 2 aromatic rings. The SMILES string of the molecule is Cc1ccc(OCC(=O)Nc2cccc(S(=O)(=O)NC3CC3)c2)c(C)c1. The quantitative estimate of drug-likeness (QED) is 0.780. The summed E-state index contributed by atoms with van der Waals surface area (Å²) in [6.07, 6.45) is 1.73. The standard InChI is InChI=1S/C19H22N2O4S/c1-13-6-9-18(14(2)10-13)25-12-19(22)20-16-4-3-5-17(11-16)26(23,24)21-15-7-8-15/h3-6,9-11,15,21H,7-8,12H2,1-2H3,(H,20,22). The number of ether oxygens (including phenoxy) is 1. The van der Waals surface area contributed by atoms with Crippen LogP contribution in [0, 0.1) is 13.8 Å². The first-order valence-corrected chi connectivity index (χ1v) is 9.94. The van der Waals surface area contributed by atoms with Crippen LogP contribution in [0.5, 0.6) is 5.75 Å². The number of carbonyl (C=O) groups is 1. The number of anilines is 1. The number of amides is 1. The average molecular weight is 374 g/mol. The molecule has 2 aromatic carbocycles. The third-order valence-corrected chi connectivity index (χ3v) is 5.53. The summed E-state index contributed by atoms with van der Waals surface area (Å²) in [5, 5.41) is 2.67.